The molecule has 1 aliphatic heterocycles. The highest BCUT2D eigenvalue weighted by Crippen LogP contribution is 2.27. The number of benzene rings is 2. The number of carbonyl (C=O) groups excluding carboxylic acids is 1. The summed E-state index contributed by atoms with van der Waals surface area (Å²) in [6.07, 6.45) is 1.44. The van der Waals surface area contributed by atoms with Crippen molar-refractivity contribution in [2.24, 2.45) is 4.99 Å². The maximum atomic E-state index is 13.8. The highest BCUT2D eigenvalue weighted by Gasteiger charge is 2.25. The topological polar surface area (TPSA) is 66.3 Å². The third-order valence-electron chi connectivity index (χ3n) is 3.70. The predicted octanol–water partition coefficient (Wildman–Crippen LogP) is 3.20. The Balaban J connectivity index is 1.95. The summed E-state index contributed by atoms with van der Waals surface area (Å²) in [4.78, 5) is 16.3. The summed E-state index contributed by atoms with van der Waals surface area (Å²) in [5, 5.41) is 0. The van der Waals surface area contributed by atoms with E-state index in [-0.39, 0.29) is 17.3 Å². The molecular formula is C19H16FNO5. The van der Waals surface area contributed by atoms with Crippen molar-refractivity contribution in [3.63, 3.8) is 0 Å². The lowest BCUT2D eigenvalue weighted by atomic mass is 10.2. The van der Waals surface area contributed by atoms with Gasteiger partial charge in [0.25, 0.3) is 0 Å². The monoisotopic (exact) mass is 357 g/mol. The van der Waals surface area contributed by atoms with Crippen LogP contribution >= 0.6 is 0 Å². The van der Waals surface area contributed by atoms with Gasteiger partial charge in [0.15, 0.2) is 17.3 Å². The molecule has 1 aliphatic rings. The zero-order valence-corrected chi connectivity index (χ0v) is 14.4. The van der Waals surface area contributed by atoms with Crippen LogP contribution in [0.2, 0.25) is 0 Å². The van der Waals surface area contributed by atoms with Crippen LogP contribution in [0.25, 0.3) is 6.08 Å². The molecule has 0 fully saturated rings. The van der Waals surface area contributed by atoms with E-state index in [2.05, 4.69) is 4.99 Å². The van der Waals surface area contributed by atoms with E-state index in [0.29, 0.717) is 22.6 Å². The third kappa shape index (κ3) is 3.51. The van der Waals surface area contributed by atoms with Gasteiger partial charge in [-0.25, -0.2) is 14.2 Å². The quantitative estimate of drug-likeness (QED) is 0.607. The van der Waals surface area contributed by atoms with Gasteiger partial charge in [0, 0.05) is 11.6 Å². The van der Waals surface area contributed by atoms with E-state index < -0.39 is 11.8 Å². The van der Waals surface area contributed by atoms with E-state index in [4.69, 9.17) is 18.9 Å². The first kappa shape index (κ1) is 17.5. The second-order valence-electron chi connectivity index (χ2n) is 5.33. The lowest BCUT2D eigenvalue weighted by molar-refractivity contribution is -0.129. The molecule has 0 spiro atoms. The minimum atomic E-state index is -0.627. The van der Waals surface area contributed by atoms with E-state index in [0.717, 1.165) is 0 Å². The summed E-state index contributed by atoms with van der Waals surface area (Å²) in [7, 11) is 4.42. The number of cyclic esters (lactones) is 1. The number of hydrogen-bond donors (Lipinski definition) is 0. The van der Waals surface area contributed by atoms with Gasteiger partial charge >= 0.3 is 5.97 Å². The Bertz CT molecular complexity index is 898. The summed E-state index contributed by atoms with van der Waals surface area (Å²) in [5.74, 6) is 0.148. The summed E-state index contributed by atoms with van der Waals surface area (Å²) in [6.45, 7) is 0. The van der Waals surface area contributed by atoms with Gasteiger partial charge in [-0.2, -0.15) is 0 Å². The van der Waals surface area contributed by atoms with Crippen LogP contribution in [0, 0.1) is 5.82 Å². The van der Waals surface area contributed by atoms with Crippen LogP contribution in [0.1, 0.15) is 11.1 Å². The number of rotatable bonds is 5. The first-order chi connectivity index (χ1) is 12.5. The van der Waals surface area contributed by atoms with Crippen LogP contribution in [0.15, 0.2) is 47.1 Å². The Labute approximate surface area is 149 Å². The molecule has 2 aromatic carbocycles. The van der Waals surface area contributed by atoms with Gasteiger partial charge in [-0.1, -0.05) is 6.07 Å². The van der Waals surface area contributed by atoms with Gasteiger partial charge in [0.1, 0.15) is 11.5 Å². The fourth-order valence-corrected chi connectivity index (χ4v) is 2.39. The zero-order valence-electron chi connectivity index (χ0n) is 14.4. The number of methoxy groups -OCH3 is 3. The van der Waals surface area contributed by atoms with Crippen molar-refractivity contribution < 1.29 is 28.1 Å². The Kier molecular flexibility index (Phi) is 4.88. The highest BCUT2D eigenvalue weighted by atomic mass is 19.1. The number of ether oxygens (including phenoxy) is 4. The Morgan fingerprint density at radius 2 is 1.69 bits per heavy atom. The average molecular weight is 357 g/mol. The maximum absolute atomic E-state index is 13.8. The molecule has 7 heteroatoms. The number of hydrogen-bond acceptors (Lipinski definition) is 6. The lowest BCUT2D eigenvalue weighted by Crippen LogP contribution is -2.06. The first-order valence-electron chi connectivity index (χ1n) is 7.63. The maximum Gasteiger partial charge on any atom is 0.363 e. The van der Waals surface area contributed by atoms with Crippen LogP contribution in [-0.4, -0.2) is 33.2 Å². The van der Waals surface area contributed by atoms with Crippen molar-refractivity contribution in [2.45, 2.75) is 0 Å². The van der Waals surface area contributed by atoms with Crippen molar-refractivity contribution in [3.05, 3.63) is 59.0 Å². The predicted molar refractivity (Wildman–Crippen MR) is 93.1 cm³/mol. The standard InChI is InChI=1S/C19H16FNO5/c1-23-13-8-12(9-14(10-13)24-2)18-21-16(19(22)26-18)7-11-4-5-17(25-3)15(20)6-11/h4-10H,1-3H3/b16-7-. The molecule has 0 aliphatic carbocycles. The Morgan fingerprint density at radius 1 is 1.00 bits per heavy atom. The highest BCUT2D eigenvalue weighted by molar-refractivity contribution is 6.13. The van der Waals surface area contributed by atoms with Gasteiger partial charge in [-0.05, 0) is 35.9 Å². The van der Waals surface area contributed by atoms with Crippen LogP contribution in [-0.2, 0) is 9.53 Å². The smallest absolute Gasteiger partial charge is 0.363 e. The molecule has 0 aromatic heterocycles. The summed E-state index contributed by atoms with van der Waals surface area (Å²) >= 11 is 0. The van der Waals surface area contributed by atoms with Gasteiger partial charge < -0.3 is 18.9 Å². The normalized spacial score (nSPS) is 14.8. The van der Waals surface area contributed by atoms with Crippen LogP contribution in [0.4, 0.5) is 4.39 Å². The van der Waals surface area contributed by atoms with Crippen molar-refractivity contribution in [1.29, 1.82) is 0 Å². The molecular weight excluding hydrogens is 341 g/mol. The number of esters is 1. The molecule has 0 saturated heterocycles. The van der Waals surface area contributed by atoms with Gasteiger partial charge in [-0.3, -0.25) is 0 Å². The summed E-state index contributed by atoms with van der Waals surface area (Å²) in [5.41, 5.74) is 1.05. The number of halogens is 1. The lowest BCUT2D eigenvalue weighted by Gasteiger charge is -2.07. The molecule has 0 radical (unpaired) electrons. The second-order valence-corrected chi connectivity index (χ2v) is 5.33. The average Bonchev–Trinajstić information content (AvgIpc) is 3.02. The minimum absolute atomic E-state index is 0.0614. The van der Waals surface area contributed by atoms with Crippen molar-refractivity contribution >= 4 is 17.9 Å². The van der Waals surface area contributed by atoms with E-state index in [1.165, 1.54) is 39.5 Å². The van der Waals surface area contributed by atoms with E-state index in [1.807, 2.05) is 0 Å². The molecule has 134 valence electrons. The number of nitrogens with zero attached hydrogens (tertiary/aromatic N) is 1. The van der Waals surface area contributed by atoms with E-state index in [9.17, 15) is 9.18 Å². The van der Waals surface area contributed by atoms with Crippen LogP contribution < -0.4 is 14.2 Å². The molecule has 0 atom stereocenters. The van der Waals surface area contributed by atoms with Crippen molar-refractivity contribution in [2.75, 3.05) is 21.3 Å². The van der Waals surface area contributed by atoms with Crippen molar-refractivity contribution in [3.8, 4) is 17.2 Å². The molecule has 0 N–H and O–H groups in total. The molecule has 2 aromatic rings. The van der Waals surface area contributed by atoms with Crippen LogP contribution in [0.5, 0.6) is 17.2 Å². The minimum Gasteiger partial charge on any atom is -0.497 e. The van der Waals surface area contributed by atoms with E-state index >= 15 is 0 Å². The summed E-state index contributed by atoms with van der Waals surface area (Å²) in [6, 6.07) is 9.37. The Morgan fingerprint density at radius 3 is 2.27 bits per heavy atom. The first-order valence-corrected chi connectivity index (χ1v) is 7.63. The molecule has 0 amide bonds. The molecule has 0 bridgehead atoms. The van der Waals surface area contributed by atoms with Crippen LogP contribution in [0.3, 0.4) is 0 Å². The third-order valence-corrected chi connectivity index (χ3v) is 3.70. The fraction of sp³-hybridized carbons (Fsp3) is 0.158. The number of aliphatic imine (C=N–C) groups is 1. The fourth-order valence-electron chi connectivity index (χ4n) is 2.39. The molecule has 0 unspecified atom stereocenters. The largest absolute Gasteiger partial charge is 0.497 e. The van der Waals surface area contributed by atoms with Gasteiger partial charge in [-0.15, -0.1) is 0 Å². The summed E-state index contributed by atoms with van der Waals surface area (Å²) < 4.78 is 34.3. The number of carbonyl (C=O) groups is 1. The molecule has 0 saturated carbocycles. The molecule has 1 heterocycles. The Hall–Kier alpha value is -3.35. The van der Waals surface area contributed by atoms with Gasteiger partial charge in [0.2, 0.25) is 5.90 Å². The van der Waals surface area contributed by atoms with Crippen molar-refractivity contribution in [1.82, 2.24) is 0 Å². The SMILES string of the molecule is COc1cc(OC)cc(C2=N/C(=C\c3ccc(OC)c(F)c3)C(=O)O2)c1. The second kappa shape index (κ2) is 7.26. The van der Waals surface area contributed by atoms with E-state index in [1.54, 1.807) is 24.3 Å². The molecule has 3 rings (SSSR count). The zero-order chi connectivity index (χ0) is 18.7. The molecule has 6 nitrogen and oxygen atoms in total. The molecule has 26 heavy (non-hydrogen) atoms. The van der Waals surface area contributed by atoms with Gasteiger partial charge in [0.05, 0.1) is 21.3 Å².